The van der Waals surface area contributed by atoms with Gasteiger partial charge in [-0.25, -0.2) is 21.8 Å². The number of halogens is 1. The molecule has 0 atom stereocenters. The number of methoxy groups -OCH3 is 4. The number of aromatic amines is 1. The Morgan fingerprint density at radius 3 is 1.14 bits per heavy atom. The molecule has 0 aliphatic carbocycles. The van der Waals surface area contributed by atoms with E-state index < -0.39 is 25.6 Å². The third kappa shape index (κ3) is 11.7. The Bertz CT molecular complexity index is 2420. The number of hydrogen-bond donors (Lipinski definition) is 1. The number of hydrogen-bond acceptors (Lipinski definition) is 10. The van der Waals surface area contributed by atoms with Crippen LogP contribution in [0.25, 0.3) is 0 Å². The summed E-state index contributed by atoms with van der Waals surface area (Å²) >= 11 is 5.92. The molecule has 0 unspecified atom stereocenters. The highest BCUT2D eigenvalue weighted by molar-refractivity contribution is 7.89. The van der Waals surface area contributed by atoms with Gasteiger partial charge in [0.1, 0.15) is 28.2 Å². The lowest BCUT2D eigenvalue weighted by Gasteiger charge is -2.23. The van der Waals surface area contributed by atoms with Gasteiger partial charge in [-0.15, -0.1) is 0 Å². The van der Waals surface area contributed by atoms with Crippen LogP contribution in [0.5, 0.6) is 23.0 Å². The molecule has 13 nitrogen and oxygen atoms in total. The predicted octanol–water partition coefficient (Wildman–Crippen LogP) is 6.93. The second-order valence-corrected chi connectivity index (χ2v) is 16.9. The van der Waals surface area contributed by atoms with Gasteiger partial charge >= 0.3 is 0 Å². The molecular weight excluding hydrogens is 804 g/mol. The number of nitrogens with zero attached hydrogens (tertiary/aromatic N) is 3. The lowest BCUT2D eigenvalue weighted by molar-refractivity contribution is 0.397. The summed E-state index contributed by atoms with van der Waals surface area (Å²) in [6.45, 7) is 0.674. The van der Waals surface area contributed by atoms with Gasteiger partial charge in [-0.2, -0.15) is 8.61 Å². The van der Waals surface area contributed by atoms with Crippen molar-refractivity contribution in [3.63, 3.8) is 0 Å². The lowest BCUT2D eigenvalue weighted by atomic mass is 10.2. The van der Waals surface area contributed by atoms with Gasteiger partial charge in [0.2, 0.25) is 25.6 Å². The average Bonchev–Trinajstić information content (AvgIpc) is 3.24. The van der Waals surface area contributed by atoms with E-state index in [1.807, 2.05) is 48.5 Å². The van der Waals surface area contributed by atoms with Crippen molar-refractivity contribution in [2.75, 3.05) is 28.4 Å². The SMILES string of the molecule is COc1ccc(CN(Cc2ccc(OC)cc2)S(=O)(=O)c2cc[nH]c(=O)c2)cc1.COc1ccc(CN(Cc2ccc(OC)cc2)S(=O)(=O)c2ccnc(Cl)c2)cc1. The summed E-state index contributed by atoms with van der Waals surface area (Å²) in [6.07, 6.45) is 2.71. The van der Waals surface area contributed by atoms with Crippen molar-refractivity contribution in [2.45, 2.75) is 36.0 Å². The van der Waals surface area contributed by atoms with Crippen LogP contribution in [0.4, 0.5) is 0 Å². The summed E-state index contributed by atoms with van der Waals surface area (Å²) in [6, 6.07) is 34.2. The molecule has 58 heavy (non-hydrogen) atoms. The monoisotopic (exact) mass is 846 g/mol. The number of sulfonamides is 2. The molecule has 0 saturated carbocycles. The normalized spacial score (nSPS) is 11.4. The van der Waals surface area contributed by atoms with Crippen LogP contribution in [0.3, 0.4) is 0 Å². The van der Waals surface area contributed by atoms with E-state index in [4.69, 9.17) is 30.5 Å². The zero-order valence-corrected chi connectivity index (χ0v) is 34.6. The molecule has 0 fully saturated rings. The molecule has 16 heteroatoms. The third-order valence-electron chi connectivity index (χ3n) is 8.79. The fourth-order valence-corrected chi connectivity index (χ4v) is 8.72. The van der Waals surface area contributed by atoms with Gasteiger partial charge in [-0.05, 0) is 89.0 Å². The smallest absolute Gasteiger partial charge is 0.249 e. The van der Waals surface area contributed by atoms with E-state index in [-0.39, 0.29) is 41.1 Å². The summed E-state index contributed by atoms with van der Waals surface area (Å²) in [5.41, 5.74) is 2.80. The zero-order chi connectivity index (χ0) is 41.7. The van der Waals surface area contributed by atoms with Crippen LogP contribution in [0, 0.1) is 0 Å². The van der Waals surface area contributed by atoms with Crippen molar-refractivity contribution in [1.82, 2.24) is 18.6 Å². The second kappa shape index (κ2) is 20.1. The number of aromatic nitrogens is 2. The topological polar surface area (TPSA) is 157 Å². The largest absolute Gasteiger partial charge is 0.497 e. The van der Waals surface area contributed by atoms with Crippen molar-refractivity contribution in [1.29, 1.82) is 0 Å². The maximum Gasteiger partial charge on any atom is 0.249 e. The highest BCUT2D eigenvalue weighted by Gasteiger charge is 2.27. The van der Waals surface area contributed by atoms with Crippen LogP contribution in [-0.4, -0.2) is 63.9 Å². The third-order valence-corrected chi connectivity index (χ3v) is 12.6. The first-order chi connectivity index (χ1) is 27.8. The molecule has 0 amide bonds. The van der Waals surface area contributed by atoms with Crippen LogP contribution in [0.2, 0.25) is 5.15 Å². The van der Waals surface area contributed by atoms with Crippen molar-refractivity contribution >= 4 is 31.6 Å². The van der Waals surface area contributed by atoms with Gasteiger partial charge in [0.15, 0.2) is 0 Å². The van der Waals surface area contributed by atoms with Gasteiger partial charge in [-0.1, -0.05) is 60.1 Å². The number of benzene rings is 4. The van der Waals surface area contributed by atoms with E-state index in [1.54, 1.807) is 77.0 Å². The summed E-state index contributed by atoms with van der Waals surface area (Å²) < 4.78 is 76.6. The molecule has 0 bridgehead atoms. The van der Waals surface area contributed by atoms with Gasteiger partial charge in [0.25, 0.3) is 0 Å². The molecule has 2 aromatic heterocycles. The molecule has 304 valence electrons. The number of rotatable bonds is 16. The van der Waals surface area contributed by atoms with Crippen LogP contribution < -0.4 is 24.5 Å². The Hall–Kier alpha value is -5.71. The van der Waals surface area contributed by atoms with Gasteiger partial charge in [-0.3, -0.25) is 4.79 Å². The maximum atomic E-state index is 13.3. The molecule has 0 radical (unpaired) electrons. The van der Waals surface area contributed by atoms with Crippen molar-refractivity contribution in [3.05, 3.63) is 171 Å². The minimum Gasteiger partial charge on any atom is -0.497 e. The molecule has 1 N–H and O–H groups in total. The van der Waals surface area contributed by atoms with E-state index in [0.717, 1.165) is 28.3 Å². The van der Waals surface area contributed by atoms with Gasteiger partial charge in [0.05, 0.1) is 38.2 Å². The fourth-order valence-electron chi connectivity index (χ4n) is 5.62. The van der Waals surface area contributed by atoms with Crippen molar-refractivity contribution in [3.8, 4) is 23.0 Å². The first-order valence-electron chi connectivity index (χ1n) is 17.7. The van der Waals surface area contributed by atoms with Crippen LogP contribution in [0.1, 0.15) is 22.3 Å². The van der Waals surface area contributed by atoms with Crippen LogP contribution >= 0.6 is 11.6 Å². The lowest BCUT2D eigenvalue weighted by Crippen LogP contribution is -2.31. The Labute approximate surface area is 343 Å². The van der Waals surface area contributed by atoms with Crippen molar-refractivity contribution in [2.24, 2.45) is 0 Å². The Balaban J connectivity index is 0.000000221. The standard InChI is InChI=1S/C21H21ClN2O4S.C21H22N2O5S/c1-27-18-7-3-16(4-8-18)14-24(15-17-5-9-19(28-2)10-6-17)29(25,26)20-11-12-23-21(22)13-20;1-27-18-7-3-16(4-8-18)14-23(15-17-5-9-19(28-2)10-6-17)29(25,26)20-11-12-22-21(24)13-20/h3-13H,14-15H2,1-2H3;3-13H,14-15H2,1-2H3,(H,22,24). The zero-order valence-electron chi connectivity index (χ0n) is 32.2. The molecular formula is C42H43ClN4O9S2. The Morgan fingerprint density at radius 2 is 0.845 bits per heavy atom. The minimum absolute atomic E-state index is 0.0525. The van der Waals surface area contributed by atoms with E-state index in [2.05, 4.69) is 9.97 Å². The fraction of sp³-hybridized carbons (Fsp3) is 0.190. The Morgan fingerprint density at radius 1 is 0.517 bits per heavy atom. The van der Waals surface area contributed by atoms with E-state index >= 15 is 0 Å². The summed E-state index contributed by atoms with van der Waals surface area (Å²) in [5, 5.41) is 0.125. The number of H-pyrrole nitrogens is 1. The van der Waals surface area contributed by atoms with E-state index in [9.17, 15) is 21.6 Å². The minimum atomic E-state index is -3.90. The maximum absolute atomic E-state index is 13.3. The Kier molecular flexibility index (Phi) is 15.1. The van der Waals surface area contributed by atoms with E-state index in [0.29, 0.717) is 23.0 Å². The molecule has 2 heterocycles. The quantitative estimate of drug-likeness (QED) is 0.101. The molecule has 0 aliphatic rings. The molecule has 6 aromatic rings. The second-order valence-electron chi connectivity index (χ2n) is 12.6. The van der Waals surface area contributed by atoms with Gasteiger partial charge in [0, 0.05) is 44.6 Å². The number of nitrogens with one attached hydrogen (secondary N) is 1. The number of pyridine rings is 2. The first kappa shape index (κ1) is 43.4. The summed E-state index contributed by atoms with van der Waals surface area (Å²) in [5.74, 6) is 2.79. The predicted molar refractivity (Wildman–Crippen MR) is 221 cm³/mol. The van der Waals surface area contributed by atoms with E-state index in [1.165, 1.54) is 39.2 Å². The van der Waals surface area contributed by atoms with Crippen LogP contribution in [-0.2, 0) is 46.2 Å². The molecule has 0 saturated heterocycles. The highest BCUT2D eigenvalue weighted by atomic mass is 35.5. The average molecular weight is 847 g/mol. The van der Waals surface area contributed by atoms with Crippen LogP contribution in [0.15, 0.2) is 148 Å². The molecule has 4 aromatic carbocycles. The molecule has 0 spiro atoms. The highest BCUT2D eigenvalue weighted by Crippen LogP contribution is 2.25. The molecule has 0 aliphatic heterocycles. The summed E-state index contributed by atoms with van der Waals surface area (Å²) in [4.78, 5) is 18.0. The summed E-state index contributed by atoms with van der Waals surface area (Å²) in [7, 11) is -1.39. The molecule has 6 rings (SSSR count). The first-order valence-corrected chi connectivity index (χ1v) is 20.9. The number of ether oxygens (including phenoxy) is 4. The van der Waals surface area contributed by atoms with Gasteiger partial charge < -0.3 is 23.9 Å². The van der Waals surface area contributed by atoms with Crippen molar-refractivity contribution < 1.29 is 35.8 Å².